The molecule has 9 nitrogen and oxygen atoms in total. The standard InChI is InChI=1S/C25H28ClN3O6S/c1-16(25(32)28-18-4-2-3-5-18)29(20-9-6-17(26)7-10-20)24(31)14-36(33)13-23(30)27-19-8-11-21-22(12-19)35-15-34-21/h6-12,16,18H,2-5,13-15H2,1H3,(H,27,30)(H,28,32)/t16-,36-/m0/s1. The molecule has 2 aromatic carbocycles. The molecule has 2 N–H and O–H groups in total. The van der Waals surface area contributed by atoms with Crippen LogP contribution in [0.4, 0.5) is 11.4 Å². The molecule has 0 radical (unpaired) electrons. The normalized spacial score (nSPS) is 16.3. The van der Waals surface area contributed by atoms with Gasteiger partial charge in [0.25, 0.3) is 0 Å². The first-order valence-corrected chi connectivity index (χ1v) is 13.6. The van der Waals surface area contributed by atoms with Gasteiger partial charge in [-0.3, -0.25) is 23.5 Å². The molecule has 0 aromatic heterocycles. The van der Waals surface area contributed by atoms with Gasteiger partial charge in [-0.15, -0.1) is 0 Å². The Kier molecular flexibility index (Phi) is 8.48. The van der Waals surface area contributed by atoms with Crippen LogP contribution in [0, 0.1) is 0 Å². The van der Waals surface area contributed by atoms with Crippen LogP contribution in [0.3, 0.4) is 0 Å². The average Bonchev–Trinajstić information content (AvgIpc) is 3.51. The maximum absolute atomic E-state index is 13.2. The molecule has 192 valence electrons. The third-order valence-electron chi connectivity index (χ3n) is 6.07. The predicted octanol–water partition coefficient (Wildman–Crippen LogP) is 3.24. The molecular weight excluding hydrogens is 506 g/mol. The van der Waals surface area contributed by atoms with E-state index in [1.165, 1.54) is 4.90 Å². The molecule has 36 heavy (non-hydrogen) atoms. The number of carbonyl (C=O) groups is 3. The SMILES string of the molecule is C[C@@H](C(=O)NC1CCCC1)N(C(=O)C[S@@](=O)CC(=O)Nc1ccc2c(c1)OCO2)c1ccc(Cl)cc1. The van der Waals surface area contributed by atoms with E-state index >= 15 is 0 Å². The molecule has 11 heteroatoms. The Labute approximate surface area is 216 Å². The molecule has 0 saturated heterocycles. The summed E-state index contributed by atoms with van der Waals surface area (Å²) in [5, 5.41) is 6.14. The molecular formula is C25H28ClN3O6S. The molecule has 2 atom stereocenters. The zero-order valence-corrected chi connectivity index (χ0v) is 21.4. The number of anilines is 2. The Bertz CT molecular complexity index is 1150. The number of hydrogen-bond acceptors (Lipinski definition) is 6. The highest BCUT2D eigenvalue weighted by Crippen LogP contribution is 2.34. The van der Waals surface area contributed by atoms with Crippen molar-refractivity contribution in [1.82, 2.24) is 5.32 Å². The minimum absolute atomic E-state index is 0.0936. The number of hydrogen-bond donors (Lipinski definition) is 2. The van der Waals surface area contributed by atoms with Crippen LogP contribution in [0.5, 0.6) is 11.5 Å². The van der Waals surface area contributed by atoms with E-state index in [0.717, 1.165) is 25.7 Å². The maximum Gasteiger partial charge on any atom is 0.243 e. The fourth-order valence-corrected chi connectivity index (χ4v) is 5.28. The fourth-order valence-electron chi connectivity index (χ4n) is 4.27. The predicted molar refractivity (Wildman–Crippen MR) is 138 cm³/mol. The summed E-state index contributed by atoms with van der Waals surface area (Å²) in [5.74, 6) is -1.03. The summed E-state index contributed by atoms with van der Waals surface area (Å²) in [6.45, 7) is 1.74. The van der Waals surface area contributed by atoms with Gasteiger partial charge in [0.05, 0.1) is 0 Å². The van der Waals surface area contributed by atoms with Gasteiger partial charge < -0.3 is 20.1 Å². The van der Waals surface area contributed by atoms with Crippen LogP contribution in [-0.4, -0.2) is 52.3 Å². The lowest BCUT2D eigenvalue weighted by atomic mass is 10.1. The van der Waals surface area contributed by atoms with E-state index in [1.807, 2.05) is 0 Å². The van der Waals surface area contributed by atoms with E-state index < -0.39 is 34.4 Å². The number of rotatable bonds is 9. The second kappa shape index (κ2) is 11.7. The van der Waals surface area contributed by atoms with Crippen LogP contribution in [0.25, 0.3) is 0 Å². The third kappa shape index (κ3) is 6.55. The van der Waals surface area contributed by atoms with Gasteiger partial charge in [0.2, 0.25) is 24.5 Å². The van der Waals surface area contributed by atoms with E-state index in [2.05, 4.69) is 10.6 Å². The van der Waals surface area contributed by atoms with Gasteiger partial charge in [-0.05, 0) is 56.2 Å². The monoisotopic (exact) mass is 533 g/mol. The summed E-state index contributed by atoms with van der Waals surface area (Å²) < 4.78 is 23.3. The Hall–Kier alpha value is -3.11. The summed E-state index contributed by atoms with van der Waals surface area (Å²) in [7, 11) is -1.80. The lowest BCUT2D eigenvalue weighted by Crippen LogP contribution is -2.51. The number of fused-ring (bicyclic) bond motifs is 1. The van der Waals surface area contributed by atoms with Gasteiger partial charge >= 0.3 is 0 Å². The molecule has 1 aliphatic carbocycles. The van der Waals surface area contributed by atoms with Gasteiger partial charge in [-0.2, -0.15) is 0 Å². The van der Waals surface area contributed by atoms with Crippen molar-refractivity contribution >= 4 is 51.5 Å². The maximum atomic E-state index is 13.2. The number of amides is 3. The fraction of sp³-hybridized carbons (Fsp3) is 0.400. The quantitative estimate of drug-likeness (QED) is 0.511. The van der Waals surface area contributed by atoms with Crippen molar-refractivity contribution in [2.24, 2.45) is 0 Å². The highest BCUT2D eigenvalue weighted by atomic mass is 35.5. The lowest BCUT2D eigenvalue weighted by Gasteiger charge is -2.29. The summed E-state index contributed by atoms with van der Waals surface area (Å²) in [5.41, 5.74) is 0.924. The highest BCUT2D eigenvalue weighted by Gasteiger charge is 2.30. The average molecular weight is 534 g/mol. The van der Waals surface area contributed by atoms with E-state index in [4.69, 9.17) is 21.1 Å². The van der Waals surface area contributed by atoms with Crippen molar-refractivity contribution in [2.45, 2.75) is 44.7 Å². The van der Waals surface area contributed by atoms with Crippen LogP contribution in [0.1, 0.15) is 32.6 Å². The van der Waals surface area contributed by atoms with E-state index in [9.17, 15) is 18.6 Å². The number of benzene rings is 2. The Morgan fingerprint density at radius 3 is 2.47 bits per heavy atom. The first kappa shape index (κ1) is 26.0. The molecule has 3 amide bonds. The molecule has 2 aromatic rings. The molecule has 0 bridgehead atoms. The van der Waals surface area contributed by atoms with Gasteiger partial charge in [-0.25, -0.2) is 0 Å². The first-order valence-electron chi connectivity index (χ1n) is 11.7. The highest BCUT2D eigenvalue weighted by molar-refractivity contribution is 7.86. The third-order valence-corrected chi connectivity index (χ3v) is 7.48. The summed E-state index contributed by atoms with van der Waals surface area (Å²) in [6, 6.07) is 10.7. The van der Waals surface area contributed by atoms with E-state index in [0.29, 0.717) is 27.9 Å². The Morgan fingerprint density at radius 2 is 1.75 bits per heavy atom. The number of nitrogens with one attached hydrogen (secondary N) is 2. The minimum Gasteiger partial charge on any atom is -0.454 e. The Morgan fingerprint density at radius 1 is 1.06 bits per heavy atom. The molecule has 0 unspecified atom stereocenters. The van der Waals surface area contributed by atoms with Crippen LogP contribution in [0.2, 0.25) is 5.02 Å². The number of carbonyl (C=O) groups excluding carboxylic acids is 3. The smallest absolute Gasteiger partial charge is 0.243 e. The number of nitrogens with zero attached hydrogens (tertiary/aromatic N) is 1. The zero-order valence-electron chi connectivity index (χ0n) is 19.8. The van der Waals surface area contributed by atoms with Crippen molar-refractivity contribution < 1.29 is 28.1 Å². The van der Waals surface area contributed by atoms with E-state index in [1.54, 1.807) is 49.4 Å². The molecule has 4 rings (SSSR count). The van der Waals surface area contributed by atoms with Crippen molar-refractivity contribution in [1.29, 1.82) is 0 Å². The summed E-state index contributed by atoms with van der Waals surface area (Å²) in [6.07, 6.45) is 3.95. The molecule has 0 spiro atoms. The molecule has 1 heterocycles. The summed E-state index contributed by atoms with van der Waals surface area (Å²) in [4.78, 5) is 39.9. The van der Waals surface area contributed by atoms with Crippen molar-refractivity contribution in [3.8, 4) is 11.5 Å². The molecule has 1 aliphatic heterocycles. The molecule has 2 aliphatic rings. The number of ether oxygens (including phenoxy) is 2. The van der Waals surface area contributed by atoms with Gasteiger partial charge in [0.1, 0.15) is 17.5 Å². The van der Waals surface area contributed by atoms with Crippen molar-refractivity contribution in [3.05, 3.63) is 47.5 Å². The molecule has 1 fully saturated rings. The minimum atomic E-state index is -1.80. The first-order chi connectivity index (χ1) is 17.3. The summed E-state index contributed by atoms with van der Waals surface area (Å²) >= 11 is 6.00. The van der Waals surface area contributed by atoms with Crippen molar-refractivity contribution in [3.63, 3.8) is 0 Å². The van der Waals surface area contributed by atoms with Crippen LogP contribution in [0.15, 0.2) is 42.5 Å². The van der Waals surface area contributed by atoms with Crippen molar-refractivity contribution in [2.75, 3.05) is 28.5 Å². The van der Waals surface area contributed by atoms with E-state index in [-0.39, 0.29) is 24.5 Å². The second-order valence-electron chi connectivity index (χ2n) is 8.75. The van der Waals surface area contributed by atoms with Crippen LogP contribution in [-0.2, 0) is 25.2 Å². The topological polar surface area (TPSA) is 114 Å². The largest absolute Gasteiger partial charge is 0.454 e. The zero-order chi connectivity index (χ0) is 25.7. The van der Waals surface area contributed by atoms with Gasteiger partial charge in [-0.1, -0.05) is 24.4 Å². The van der Waals surface area contributed by atoms with Gasteiger partial charge in [0, 0.05) is 39.3 Å². The van der Waals surface area contributed by atoms with Gasteiger partial charge in [0.15, 0.2) is 11.5 Å². The second-order valence-corrected chi connectivity index (χ2v) is 10.6. The molecule has 1 saturated carbocycles. The number of halogens is 1. The lowest BCUT2D eigenvalue weighted by molar-refractivity contribution is -0.125. The van der Waals surface area contributed by atoms with Crippen LogP contribution < -0.4 is 25.0 Å². The van der Waals surface area contributed by atoms with Crippen LogP contribution >= 0.6 is 11.6 Å². The Balaban J connectivity index is 1.39.